The summed E-state index contributed by atoms with van der Waals surface area (Å²) in [6.45, 7) is 10.9. The maximum atomic E-state index is 15.1. The van der Waals surface area contributed by atoms with Crippen LogP contribution in [0.5, 0.6) is 0 Å². The predicted molar refractivity (Wildman–Crippen MR) is 135 cm³/mol. The summed E-state index contributed by atoms with van der Waals surface area (Å²) in [7, 11) is -3.49. The molecule has 0 aromatic heterocycles. The maximum Gasteiger partial charge on any atom is 0.417 e. The van der Waals surface area contributed by atoms with E-state index in [2.05, 4.69) is 0 Å². The maximum absolute atomic E-state index is 15.1. The number of hydrogen-bond acceptors (Lipinski definition) is 6. The Morgan fingerprint density at radius 3 is 2.06 bits per heavy atom. The monoisotopic (exact) mass is 519 g/mol. The quantitative estimate of drug-likeness (QED) is 0.365. The summed E-state index contributed by atoms with van der Waals surface area (Å²) < 4.78 is 45.2. The standard InChI is InChI=1S/C27H35FNO6P/c1-26(2,3)34-36(32,35-27(4,5)6)18-20-14-12-19(13-15-20)16-22(28)24(30)29-23(17-33-25(29)31)21-10-8-7-9-11-21/h7-15,22-23H,16-18H2,1-6H3/t22-,23-/m1/s1. The van der Waals surface area contributed by atoms with Gasteiger partial charge in [-0.15, -0.1) is 0 Å². The minimum Gasteiger partial charge on any atom is -0.446 e. The van der Waals surface area contributed by atoms with Gasteiger partial charge >= 0.3 is 13.7 Å². The molecule has 9 heteroatoms. The number of halogens is 1. The first-order valence-electron chi connectivity index (χ1n) is 11.9. The molecule has 0 spiro atoms. The Hall–Kier alpha value is -2.54. The highest BCUT2D eigenvalue weighted by molar-refractivity contribution is 7.53. The first-order chi connectivity index (χ1) is 16.7. The number of benzene rings is 2. The van der Waals surface area contributed by atoms with Crippen molar-refractivity contribution >= 4 is 19.6 Å². The molecule has 0 radical (unpaired) electrons. The van der Waals surface area contributed by atoms with Crippen molar-refractivity contribution in [2.45, 2.75) is 77.5 Å². The zero-order chi connectivity index (χ0) is 26.7. The predicted octanol–water partition coefficient (Wildman–Crippen LogP) is 6.61. The van der Waals surface area contributed by atoms with E-state index < -0.39 is 43.0 Å². The Balaban J connectivity index is 1.69. The van der Waals surface area contributed by atoms with Gasteiger partial charge in [0.25, 0.3) is 5.91 Å². The average Bonchev–Trinajstić information content (AvgIpc) is 3.13. The van der Waals surface area contributed by atoms with Gasteiger partial charge < -0.3 is 13.8 Å². The molecular formula is C27H35FNO6P. The van der Waals surface area contributed by atoms with Gasteiger partial charge in [0.1, 0.15) is 12.6 Å². The highest BCUT2D eigenvalue weighted by Crippen LogP contribution is 2.56. The molecule has 2 aromatic rings. The highest BCUT2D eigenvalue weighted by atomic mass is 31.2. The largest absolute Gasteiger partial charge is 0.446 e. The molecule has 2 atom stereocenters. The molecule has 196 valence electrons. The van der Waals surface area contributed by atoms with Crippen LogP contribution in [0.4, 0.5) is 9.18 Å². The van der Waals surface area contributed by atoms with Gasteiger partial charge in [0, 0.05) is 6.42 Å². The zero-order valence-corrected chi connectivity index (χ0v) is 22.6. The number of nitrogens with zero attached hydrogens (tertiary/aromatic N) is 1. The third kappa shape index (κ3) is 7.73. The van der Waals surface area contributed by atoms with Crippen molar-refractivity contribution in [2.75, 3.05) is 6.61 Å². The van der Waals surface area contributed by atoms with Gasteiger partial charge in [-0.2, -0.15) is 0 Å². The van der Waals surface area contributed by atoms with Crippen LogP contribution < -0.4 is 0 Å². The Morgan fingerprint density at radius 2 is 1.53 bits per heavy atom. The lowest BCUT2D eigenvalue weighted by molar-refractivity contribution is -0.134. The second kappa shape index (κ2) is 10.8. The molecule has 0 saturated carbocycles. The van der Waals surface area contributed by atoms with Crippen LogP contribution in [0, 0.1) is 0 Å². The highest BCUT2D eigenvalue weighted by Gasteiger charge is 2.42. The second-order valence-electron chi connectivity index (χ2n) is 10.9. The lowest BCUT2D eigenvalue weighted by Gasteiger charge is -2.32. The lowest BCUT2D eigenvalue weighted by Crippen LogP contribution is -2.40. The van der Waals surface area contributed by atoms with Gasteiger partial charge in [0.2, 0.25) is 0 Å². The minimum atomic E-state index is -3.49. The van der Waals surface area contributed by atoms with E-state index in [1.54, 1.807) is 48.5 Å². The molecule has 0 aliphatic carbocycles. The van der Waals surface area contributed by atoms with Crippen LogP contribution in [0.2, 0.25) is 0 Å². The molecule has 1 saturated heterocycles. The van der Waals surface area contributed by atoms with Crippen molar-refractivity contribution in [3.05, 3.63) is 71.3 Å². The smallest absolute Gasteiger partial charge is 0.417 e. The van der Waals surface area contributed by atoms with Gasteiger partial charge in [-0.05, 0) is 58.2 Å². The van der Waals surface area contributed by atoms with E-state index >= 15 is 4.39 Å². The molecule has 36 heavy (non-hydrogen) atoms. The zero-order valence-electron chi connectivity index (χ0n) is 21.7. The molecule has 2 amide bonds. The number of rotatable bonds is 8. The van der Waals surface area contributed by atoms with Gasteiger partial charge in [-0.3, -0.25) is 9.36 Å². The van der Waals surface area contributed by atoms with Gasteiger partial charge in [-0.25, -0.2) is 14.1 Å². The van der Waals surface area contributed by atoms with E-state index in [1.807, 2.05) is 47.6 Å². The molecule has 1 aliphatic rings. The fraction of sp³-hybridized carbons (Fsp3) is 0.481. The van der Waals surface area contributed by atoms with Gasteiger partial charge in [0.05, 0.1) is 17.4 Å². The molecule has 1 aliphatic heterocycles. The number of hydrogen-bond donors (Lipinski definition) is 0. The number of carbonyl (C=O) groups excluding carboxylic acids is 2. The number of ether oxygens (including phenoxy) is 1. The van der Waals surface area contributed by atoms with E-state index in [4.69, 9.17) is 13.8 Å². The van der Waals surface area contributed by atoms with E-state index in [0.29, 0.717) is 16.7 Å². The Morgan fingerprint density at radius 1 is 1.00 bits per heavy atom. The first kappa shape index (κ1) is 28.0. The SMILES string of the molecule is CC(C)(C)OP(=O)(Cc1ccc(C[C@@H](F)C(=O)N2C(=O)OC[C@@H]2c2ccccc2)cc1)OC(C)(C)C. The summed E-state index contributed by atoms with van der Waals surface area (Å²) in [5.41, 5.74) is 0.622. The van der Waals surface area contributed by atoms with Gasteiger partial charge in [0.15, 0.2) is 6.17 Å². The van der Waals surface area contributed by atoms with Crippen molar-refractivity contribution in [2.24, 2.45) is 0 Å². The molecule has 7 nitrogen and oxygen atoms in total. The van der Waals surface area contributed by atoms with E-state index in [0.717, 1.165) is 4.90 Å². The fourth-order valence-corrected chi connectivity index (χ4v) is 6.45. The Bertz CT molecular complexity index is 1090. The lowest BCUT2D eigenvalue weighted by atomic mass is 10.0. The molecule has 0 N–H and O–H groups in total. The molecule has 1 fully saturated rings. The number of alkyl halides is 1. The van der Waals surface area contributed by atoms with Crippen molar-refractivity contribution < 1.29 is 32.3 Å². The van der Waals surface area contributed by atoms with Crippen LogP contribution >= 0.6 is 7.60 Å². The topological polar surface area (TPSA) is 82.1 Å². The Kier molecular flexibility index (Phi) is 8.44. The molecule has 2 aromatic carbocycles. The molecule has 0 bridgehead atoms. The molecule has 0 unspecified atom stereocenters. The van der Waals surface area contributed by atoms with Crippen molar-refractivity contribution in [3.8, 4) is 0 Å². The number of amides is 2. The number of carbonyl (C=O) groups is 2. The van der Waals surface area contributed by atoms with Crippen LogP contribution in [0.1, 0.15) is 64.3 Å². The fourth-order valence-electron chi connectivity index (χ4n) is 3.95. The van der Waals surface area contributed by atoms with Crippen molar-refractivity contribution in [3.63, 3.8) is 0 Å². The summed E-state index contributed by atoms with van der Waals surface area (Å²) in [6.07, 6.45) is -2.93. The summed E-state index contributed by atoms with van der Waals surface area (Å²) in [6, 6.07) is 15.0. The van der Waals surface area contributed by atoms with E-state index in [9.17, 15) is 14.2 Å². The summed E-state index contributed by atoms with van der Waals surface area (Å²) in [4.78, 5) is 25.9. The first-order valence-corrected chi connectivity index (χ1v) is 13.7. The third-order valence-electron chi connectivity index (χ3n) is 5.20. The van der Waals surface area contributed by atoms with Crippen molar-refractivity contribution in [1.29, 1.82) is 0 Å². The van der Waals surface area contributed by atoms with Crippen LogP contribution in [-0.2, 0) is 35.7 Å². The summed E-state index contributed by atoms with van der Waals surface area (Å²) in [5, 5.41) is 0. The number of imide groups is 1. The summed E-state index contributed by atoms with van der Waals surface area (Å²) >= 11 is 0. The number of cyclic esters (lactones) is 1. The second-order valence-corrected chi connectivity index (χ2v) is 12.8. The average molecular weight is 520 g/mol. The van der Waals surface area contributed by atoms with Crippen LogP contribution in [0.3, 0.4) is 0 Å². The van der Waals surface area contributed by atoms with Gasteiger partial charge in [-0.1, -0.05) is 54.6 Å². The summed E-state index contributed by atoms with van der Waals surface area (Å²) in [5.74, 6) is -0.933. The van der Waals surface area contributed by atoms with E-state index in [1.165, 1.54) is 0 Å². The van der Waals surface area contributed by atoms with Crippen LogP contribution in [0.15, 0.2) is 54.6 Å². The normalized spacial score (nSPS) is 17.7. The molecule has 3 rings (SSSR count). The minimum absolute atomic E-state index is 0.0106. The van der Waals surface area contributed by atoms with Crippen molar-refractivity contribution in [1.82, 2.24) is 4.90 Å². The third-order valence-corrected chi connectivity index (χ3v) is 7.61. The van der Waals surface area contributed by atoms with E-state index in [-0.39, 0.29) is 19.2 Å². The Labute approximate surface area is 212 Å². The van der Waals surface area contributed by atoms with Crippen LogP contribution in [0.25, 0.3) is 0 Å². The molecular weight excluding hydrogens is 484 g/mol. The molecule has 1 heterocycles. The van der Waals surface area contributed by atoms with Crippen LogP contribution in [-0.4, -0.2) is 40.9 Å².